The highest BCUT2D eigenvalue weighted by Crippen LogP contribution is 2.30. The summed E-state index contributed by atoms with van der Waals surface area (Å²) >= 11 is 1.23. The van der Waals surface area contributed by atoms with Crippen LogP contribution in [-0.2, 0) is 54.4 Å². The number of aliphatic carboxylic acids is 1. The van der Waals surface area contributed by atoms with Gasteiger partial charge in [-0.25, -0.2) is 9.79 Å². The first-order chi connectivity index (χ1) is 43.4. The molecule has 9 atom stereocenters. The second-order valence-corrected chi connectivity index (χ2v) is 22.7. The molecular formula is C57H80N20O13S. The summed E-state index contributed by atoms with van der Waals surface area (Å²) in [7, 11) is 0. The van der Waals surface area contributed by atoms with Crippen molar-refractivity contribution < 1.29 is 63.3 Å². The number of benzodiazepines with no additional fused rings is 1. The van der Waals surface area contributed by atoms with Gasteiger partial charge in [0.15, 0.2) is 17.9 Å². The molecule has 33 nitrogen and oxygen atoms in total. The number of hydrogen-bond donors (Lipinski definition) is 16. The Bertz CT molecular complexity index is 3190. The van der Waals surface area contributed by atoms with E-state index >= 15 is 0 Å². The molecule has 1 aromatic heterocycles. The van der Waals surface area contributed by atoms with Crippen LogP contribution < -0.4 is 76.9 Å². The molecule has 2 aromatic carbocycles. The van der Waals surface area contributed by atoms with E-state index in [1.807, 2.05) is 0 Å². The van der Waals surface area contributed by atoms with Gasteiger partial charge in [-0.15, -0.1) is 11.3 Å². The van der Waals surface area contributed by atoms with Crippen LogP contribution in [0.3, 0.4) is 0 Å². The number of aliphatic hydroxyl groups excluding tert-OH is 2. The number of fused-ring (bicyclic) bond motifs is 1. The van der Waals surface area contributed by atoms with Gasteiger partial charge in [0.1, 0.15) is 42.8 Å². The van der Waals surface area contributed by atoms with E-state index < -0.39 is 133 Å². The molecule has 4 heterocycles. The quantitative estimate of drug-likeness (QED) is 0.0157. The number of anilines is 1. The number of carbonyl (C=O) groups is 10. The summed E-state index contributed by atoms with van der Waals surface area (Å²) in [5.41, 5.74) is 39.9. The molecule has 3 aliphatic heterocycles. The average Bonchev–Trinajstić information content (AvgIpc) is 1.75. The van der Waals surface area contributed by atoms with Gasteiger partial charge in [0.05, 0.1) is 36.7 Å². The van der Waals surface area contributed by atoms with Gasteiger partial charge in [0.25, 0.3) is 5.91 Å². The molecule has 3 aliphatic rings. The minimum Gasteiger partial charge on any atom is -0.480 e. The zero-order chi connectivity index (χ0) is 66.3. The van der Waals surface area contributed by atoms with E-state index in [1.165, 1.54) is 22.3 Å². The van der Waals surface area contributed by atoms with Crippen LogP contribution in [0.15, 0.2) is 92.1 Å². The lowest BCUT2D eigenvalue weighted by molar-refractivity contribution is -0.148. The fraction of sp³-hybridized carbons (Fsp3) is 0.474. The molecule has 23 N–H and O–H groups in total. The molecule has 1 unspecified atom stereocenters. The first-order valence-electron chi connectivity index (χ1n) is 29.3. The van der Waals surface area contributed by atoms with Gasteiger partial charge in [-0.2, -0.15) is 0 Å². The number of amides is 9. The highest BCUT2D eigenvalue weighted by Gasteiger charge is 2.46. The van der Waals surface area contributed by atoms with Gasteiger partial charge < -0.3 is 97.2 Å². The van der Waals surface area contributed by atoms with Gasteiger partial charge in [0, 0.05) is 61.6 Å². The number of carbonyl (C=O) groups excluding carboxylic acids is 9. The second kappa shape index (κ2) is 34.2. The van der Waals surface area contributed by atoms with Crippen LogP contribution in [0, 0.1) is 0 Å². The molecule has 9 amide bonds. The Balaban J connectivity index is 1.13. The number of nitrogens with two attached hydrogens (primary N) is 7. The zero-order valence-electron chi connectivity index (χ0n) is 49.9. The predicted molar refractivity (Wildman–Crippen MR) is 335 cm³/mol. The van der Waals surface area contributed by atoms with E-state index in [2.05, 4.69) is 51.9 Å². The Labute approximate surface area is 527 Å². The maximum atomic E-state index is 14.7. The summed E-state index contributed by atoms with van der Waals surface area (Å²) in [5, 5.41) is 48.2. The smallest absolute Gasteiger partial charge is 0.326 e. The number of rotatable bonds is 32. The van der Waals surface area contributed by atoms with Crippen LogP contribution in [0.4, 0.5) is 5.69 Å². The largest absolute Gasteiger partial charge is 0.480 e. The average molecular weight is 1290 g/mol. The van der Waals surface area contributed by atoms with Gasteiger partial charge in [-0.05, 0) is 68.9 Å². The van der Waals surface area contributed by atoms with Crippen LogP contribution in [-0.4, -0.2) is 215 Å². The van der Waals surface area contributed by atoms with Crippen molar-refractivity contribution in [2.24, 2.45) is 60.1 Å². The summed E-state index contributed by atoms with van der Waals surface area (Å²) in [6.07, 6.45) is -1.87. The van der Waals surface area contributed by atoms with Crippen molar-refractivity contribution in [3.63, 3.8) is 0 Å². The second-order valence-electron chi connectivity index (χ2n) is 21.6. The van der Waals surface area contributed by atoms with Gasteiger partial charge in [-0.1, -0.05) is 54.6 Å². The fourth-order valence-electron chi connectivity index (χ4n) is 10.4. The summed E-state index contributed by atoms with van der Waals surface area (Å²) in [6, 6.07) is 9.05. The normalized spacial score (nSPS) is 18.5. The number of aliphatic imine (C=N–C) groups is 4. The highest BCUT2D eigenvalue weighted by molar-refractivity contribution is 7.09. The summed E-state index contributed by atoms with van der Waals surface area (Å²) in [5.74, 6) is -9.48. The lowest BCUT2D eigenvalue weighted by Gasteiger charge is -2.33. The van der Waals surface area contributed by atoms with E-state index in [9.17, 15) is 63.3 Å². The van der Waals surface area contributed by atoms with Crippen LogP contribution in [0.5, 0.6) is 0 Å². The monoisotopic (exact) mass is 1280 g/mol. The number of hydrogen-bond acceptors (Lipinski definition) is 18. The minimum atomic E-state index is -1.82. The Kier molecular flexibility index (Phi) is 26.5. The first-order valence-corrected chi connectivity index (χ1v) is 30.2. The van der Waals surface area contributed by atoms with Crippen molar-refractivity contribution in [3.8, 4) is 0 Å². The van der Waals surface area contributed by atoms with E-state index in [-0.39, 0.29) is 113 Å². The molecule has 0 radical (unpaired) electrons. The third-order valence-electron chi connectivity index (χ3n) is 14.8. The van der Waals surface area contributed by atoms with Crippen LogP contribution in [0.25, 0.3) is 0 Å². The standard InChI is InChI=1S/C57H80N20O13S/c58-35(15-6-20-65-55(59)60)47(82)71-36(16-7-21-66-56(61)62)51(86)75-23-9-19-41(75)52(87)76-28-32(79)25-42(76)50(85)68-27-43(80)70-38(26-33-13-10-24-91-33)48(83)72-39(30-78)49(84)74-46-53(88)77(29-44(81)69-37(54(89)90)17-8-22-67-57(63)64)40-18-5-4-14-34(40)45(73-46)31-11-2-1-3-12-31/h1-5,10-14,18,24,32,35-39,41-42,46,78-79H,6-9,15-17,19-23,25-30,58H2,(H,68,85)(H,69,81)(H,70,80)(H,71,82)(H,72,83)(H,74,84)(H,89,90)(H4,59,60,65)(H4,61,62,66)(H4,63,64,67)/t32-,35-,36+,37-,38+,39+,41+,42+,46?/m1/s1. The molecule has 492 valence electrons. The van der Waals surface area contributed by atoms with Crippen molar-refractivity contribution in [2.45, 2.75) is 119 Å². The lowest BCUT2D eigenvalue weighted by atomic mass is 10.0. The Morgan fingerprint density at radius 3 is 1.93 bits per heavy atom. The third-order valence-corrected chi connectivity index (χ3v) is 15.7. The highest BCUT2D eigenvalue weighted by atomic mass is 32.1. The van der Waals surface area contributed by atoms with E-state index in [1.54, 1.807) is 66.0 Å². The van der Waals surface area contributed by atoms with Gasteiger partial charge >= 0.3 is 5.97 Å². The number of benzene rings is 2. The molecule has 0 spiro atoms. The number of aliphatic hydroxyl groups is 2. The summed E-state index contributed by atoms with van der Waals surface area (Å²) < 4.78 is 0. The molecular weight excluding hydrogens is 1200 g/mol. The fourth-order valence-corrected chi connectivity index (χ4v) is 11.2. The van der Waals surface area contributed by atoms with Gasteiger partial charge in [-0.3, -0.25) is 63.0 Å². The Morgan fingerprint density at radius 2 is 1.31 bits per heavy atom. The van der Waals surface area contributed by atoms with Crippen molar-refractivity contribution in [1.29, 1.82) is 0 Å². The predicted octanol–water partition coefficient (Wildman–Crippen LogP) is -5.81. The topological polar surface area (TPSA) is 545 Å². The molecule has 0 saturated carbocycles. The van der Waals surface area contributed by atoms with Crippen LogP contribution in [0.1, 0.15) is 73.8 Å². The lowest BCUT2D eigenvalue weighted by Crippen LogP contribution is -2.59. The number of guanidine groups is 3. The molecule has 6 rings (SSSR count). The van der Waals surface area contributed by atoms with E-state index in [0.29, 0.717) is 28.8 Å². The molecule has 34 heteroatoms. The van der Waals surface area contributed by atoms with Gasteiger partial charge in [0.2, 0.25) is 53.4 Å². The Morgan fingerprint density at radius 1 is 0.692 bits per heavy atom. The van der Waals surface area contributed by atoms with Crippen molar-refractivity contribution in [1.82, 2.24) is 41.7 Å². The molecule has 0 bridgehead atoms. The van der Waals surface area contributed by atoms with Crippen molar-refractivity contribution in [2.75, 3.05) is 57.3 Å². The molecule has 0 aliphatic carbocycles. The number of carboxylic acids is 1. The number of β-amino-alcohol motifs (C(OH)–C–C–N with tert-alkyl or cyclic N) is 1. The number of thiophene rings is 1. The number of nitrogens with one attached hydrogen (secondary N) is 6. The maximum Gasteiger partial charge on any atom is 0.326 e. The third kappa shape index (κ3) is 20.6. The number of likely N-dealkylation sites (tertiary alicyclic amines) is 2. The van der Waals surface area contributed by atoms with E-state index in [0.717, 1.165) is 9.80 Å². The number of nitrogens with zero attached hydrogens (tertiary/aromatic N) is 7. The number of carboxylic acid groups (broad SMARTS) is 1. The van der Waals surface area contributed by atoms with E-state index in [4.69, 9.17) is 40.1 Å². The maximum absolute atomic E-state index is 14.7. The molecule has 2 saturated heterocycles. The van der Waals surface area contributed by atoms with Crippen molar-refractivity contribution in [3.05, 3.63) is 88.1 Å². The molecule has 2 fully saturated rings. The minimum absolute atomic E-state index is 0.0587. The summed E-state index contributed by atoms with van der Waals surface area (Å²) in [4.78, 5) is 159. The molecule has 91 heavy (non-hydrogen) atoms. The summed E-state index contributed by atoms with van der Waals surface area (Å²) in [6.45, 7) is -2.31. The Hall–Kier alpha value is -9.80. The molecule has 3 aromatic rings. The van der Waals surface area contributed by atoms with Crippen LogP contribution >= 0.6 is 11.3 Å². The van der Waals surface area contributed by atoms with Crippen LogP contribution in [0.2, 0.25) is 0 Å². The van der Waals surface area contributed by atoms with Crippen molar-refractivity contribution >= 4 is 99.7 Å². The zero-order valence-corrected chi connectivity index (χ0v) is 50.7. The first kappa shape index (κ1) is 70.3. The number of para-hydroxylation sites is 1. The SMILES string of the molecule is NC(N)=NCCC[C@@H](N)C(=O)N[C@@H](CCCN=C(N)N)C(=O)N1CCC[C@H]1C(=O)N1C[C@H](O)C[C@H]1C(=O)NCC(=O)N[C@@H](Cc1cccs1)C(=O)N[C@@H](CO)C(=O)NC1N=C(c2ccccc2)c2ccccc2N(CC(=O)N[C@H](CCCN=C(N)N)C(=O)O)C1=O.